The lowest BCUT2D eigenvalue weighted by atomic mass is 9.78. The van der Waals surface area contributed by atoms with Crippen molar-refractivity contribution in [1.29, 1.82) is 0 Å². The molecular formula is C32H43N3O4. The number of hydrogen-bond acceptors (Lipinski definition) is 6. The largest absolute Gasteiger partial charge is 0.497 e. The molecule has 1 heterocycles. The smallest absolute Gasteiger partial charge is 0.257 e. The van der Waals surface area contributed by atoms with E-state index in [0.29, 0.717) is 42.9 Å². The summed E-state index contributed by atoms with van der Waals surface area (Å²) >= 11 is 0. The Morgan fingerprint density at radius 1 is 1.10 bits per heavy atom. The van der Waals surface area contributed by atoms with Crippen molar-refractivity contribution in [2.45, 2.75) is 78.2 Å². The number of aliphatic hydroxyl groups is 1. The van der Waals surface area contributed by atoms with Gasteiger partial charge in [-0.2, -0.15) is 4.98 Å². The summed E-state index contributed by atoms with van der Waals surface area (Å²) in [7, 11) is 1.70. The van der Waals surface area contributed by atoms with Gasteiger partial charge in [-0.3, -0.25) is 4.79 Å². The number of rotatable bonds is 9. The van der Waals surface area contributed by atoms with Gasteiger partial charge in [0.05, 0.1) is 13.2 Å². The number of amides is 1. The molecule has 0 radical (unpaired) electrons. The molecule has 0 spiro atoms. The fraction of sp³-hybridized carbons (Fsp3) is 0.531. The summed E-state index contributed by atoms with van der Waals surface area (Å²) in [4.78, 5) is 20.2. The maximum absolute atomic E-state index is 13.9. The molecule has 0 atom stereocenters. The minimum atomic E-state index is -0.291. The van der Waals surface area contributed by atoms with Gasteiger partial charge in [0, 0.05) is 23.7 Å². The van der Waals surface area contributed by atoms with Gasteiger partial charge in [-0.1, -0.05) is 29.5 Å². The number of aryl methyl sites for hydroxylation is 1. The Bertz CT molecular complexity index is 1190. The Morgan fingerprint density at radius 2 is 1.79 bits per heavy atom. The van der Waals surface area contributed by atoms with Gasteiger partial charge >= 0.3 is 0 Å². The van der Waals surface area contributed by atoms with Crippen LogP contribution in [0.15, 0.2) is 64.4 Å². The zero-order valence-electron chi connectivity index (χ0n) is 23.9. The molecular weight excluding hydrogens is 490 g/mol. The van der Waals surface area contributed by atoms with E-state index in [9.17, 15) is 9.90 Å². The van der Waals surface area contributed by atoms with E-state index in [-0.39, 0.29) is 17.9 Å². The number of carbonyl (C=O) groups excluding carboxylic acids is 1. The first-order valence-electron chi connectivity index (χ1n) is 14.2. The Morgan fingerprint density at radius 3 is 2.41 bits per heavy atom. The van der Waals surface area contributed by atoms with Gasteiger partial charge in [0.2, 0.25) is 5.91 Å². The van der Waals surface area contributed by atoms with Gasteiger partial charge in [-0.15, -0.1) is 0 Å². The molecule has 1 N–H and O–H groups in total. The highest BCUT2D eigenvalue weighted by molar-refractivity contribution is 5.95. The minimum Gasteiger partial charge on any atom is -0.497 e. The first kappa shape index (κ1) is 28.8. The molecule has 0 unspecified atom stereocenters. The SMILES string of the molecule is C=C(/C=C\C(OC)=C(C)C)[C@H]1CC[C@H](CN(c2cccc(-c3nc(C)no3)c2)C(=O)[C@H]2CC[C@H](O)CC2)CC1. The van der Waals surface area contributed by atoms with Crippen LogP contribution in [-0.2, 0) is 9.53 Å². The quantitative estimate of drug-likeness (QED) is 0.282. The number of aromatic nitrogens is 2. The molecule has 1 aromatic heterocycles. The standard InChI is InChI=1S/C32H43N3O4/c1-21(2)30(38-5)18-9-22(3)25-12-10-24(11-13-25)20-35(32(37)26-14-16-29(36)17-15-26)28-8-6-7-27(19-28)31-33-23(4)34-39-31/h6-9,18-19,24-26,29,36H,3,10-17,20H2,1-2,4-5H3/b18-9-/t24-,25-,26-,29-. The summed E-state index contributed by atoms with van der Waals surface area (Å²) in [5.41, 5.74) is 3.95. The van der Waals surface area contributed by atoms with Crippen LogP contribution in [0.2, 0.25) is 0 Å². The van der Waals surface area contributed by atoms with E-state index in [1.807, 2.05) is 49.1 Å². The van der Waals surface area contributed by atoms with Gasteiger partial charge in [-0.05, 0) is 114 Å². The highest BCUT2D eigenvalue weighted by Crippen LogP contribution is 2.36. The number of anilines is 1. The highest BCUT2D eigenvalue weighted by Gasteiger charge is 2.32. The Kier molecular flexibility index (Phi) is 9.78. The van der Waals surface area contributed by atoms with E-state index in [4.69, 9.17) is 9.26 Å². The lowest BCUT2D eigenvalue weighted by Crippen LogP contribution is -2.42. The fourth-order valence-electron chi connectivity index (χ4n) is 5.82. The van der Waals surface area contributed by atoms with Crippen molar-refractivity contribution in [3.05, 3.63) is 65.7 Å². The van der Waals surface area contributed by atoms with E-state index in [2.05, 4.69) is 22.8 Å². The summed E-state index contributed by atoms with van der Waals surface area (Å²) in [6, 6.07) is 7.86. The molecule has 2 aliphatic carbocycles. The third kappa shape index (κ3) is 7.47. The molecule has 1 amide bonds. The number of nitrogens with zero attached hydrogens (tertiary/aromatic N) is 3. The second-order valence-corrected chi connectivity index (χ2v) is 11.3. The van der Waals surface area contributed by atoms with Gasteiger partial charge in [0.1, 0.15) is 5.76 Å². The Balaban J connectivity index is 1.47. The maximum Gasteiger partial charge on any atom is 0.257 e. The lowest BCUT2D eigenvalue weighted by molar-refractivity contribution is -0.124. The van der Waals surface area contributed by atoms with Gasteiger partial charge in [-0.25, -0.2) is 0 Å². The van der Waals surface area contributed by atoms with Crippen LogP contribution < -0.4 is 4.90 Å². The Hall–Kier alpha value is -3.19. The second kappa shape index (κ2) is 13.2. The molecule has 7 nitrogen and oxygen atoms in total. The maximum atomic E-state index is 13.9. The molecule has 7 heteroatoms. The molecule has 4 rings (SSSR count). The summed E-state index contributed by atoms with van der Waals surface area (Å²) in [5.74, 6) is 2.87. The predicted molar refractivity (Wildman–Crippen MR) is 154 cm³/mol. The van der Waals surface area contributed by atoms with Gasteiger partial charge < -0.3 is 19.3 Å². The van der Waals surface area contributed by atoms with Crippen molar-refractivity contribution in [3.8, 4) is 11.5 Å². The Labute approximate surface area is 232 Å². The molecule has 2 aromatic rings. The molecule has 0 saturated heterocycles. The molecule has 0 bridgehead atoms. The number of allylic oxidation sites excluding steroid dienone is 4. The predicted octanol–water partition coefficient (Wildman–Crippen LogP) is 6.79. The molecule has 2 fully saturated rings. The minimum absolute atomic E-state index is 0.0611. The number of ether oxygens (including phenoxy) is 1. The number of aliphatic hydroxyl groups excluding tert-OH is 1. The van der Waals surface area contributed by atoms with E-state index >= 15 is 0 Å². The van der Waals surface area contributed by atoms with Crippen LogP contribution in [0.3, 0.4) is 0 Å². The third-order valence-electron chi connectivity index (χ3n) is 8.22. The van der Waals surface area contributed by atoms with Crippen molar-refractivity contribution in [1.82, 2.24) is 10.1 Å². The van der Waals surface area contributed by atoms with Crippen LogP contribution in [-0.4, -0.2) is 40.9 Å². The van der Waals surface area contributed by atoms with Crippen molar-refractivity contribution < 1.29 is 19.2 Å². The van der Waals surface area contributed by atoms with Crippen LogP contribution >= 0.6 is 0 Å². The van der Waals surface area contributed by atoms with Crippen molar-refractivity contribution in [3.63, 3.8) is 0 Å². The average molecular weight is 534 g/mol. The first-order chi connectivity index (χ1) is 18.7. The van der Waals surface area contributed by atoms with Crippen molar-refractivity contribution >= 4 is 11.6 Å². The summed E-state index contributed by atoms with van der Waals surface area (Å²) in [6.07, 6.45) is 10.9. The number of methoxy groups -OCH3 is 1. The highest BCUT2D eigenvalue weighted by atomic mass is 16.5. The normalized spacial score (nSPS) is 23.4. The molecule has 2 aliphatic rings. The zero-order valence-corrected chi connectivity index (χ0v) is 23.9. The van der Waals surface area contributed by atoms with Crippen LogP contribution in [0.4, 0.5) is 5.69 Å². The van der Waals surface area contributed by atoms with Crippen molar-refractivity contribution in [2.75, 3.05) is 18.6 Å². The summed E-state index contributed by atoms with van der Waals surface area (Å²) < 4.78 is 10.9. The average Bonchev–Trinajstić information content (AvgIpc) is 3.38. The third-order valence-corrected chi connectivity index (χ3v) is 8.22. The van der Waals surface area contributed by atoms with E-state index in [0.717, 1.165) is 66.7 Å². The summed E-state index contributed by atoms with van der Waals surface area (Å²) in [5, 5.41) is 13.9. The monoisotopic (exact) mass is 533 g/mol. The van der Waals surface area contributed by atoms with Crippen LogP contribution in [0.25, 0.3) is 11.5 Å². The van der Waals surface area contributed by atoms with E-state index in [1.165, 1.54) is 0 Å². The molecule has 39 heavy (non-hydrogen) atoms. The molecule has 2 saturated carbocycles. The zero-order chi connectivity index (χ0) is 27.9. The second-order valence-electron chi connectivity index (χ2n) is 11.3. The fourth-order valence-corrected chi connectivity index (χ4v) is 5.82. The number of carbonyl (C=O) groups is 1. The van der Waals surface area contributed by atoms with Crippen molar-refractivity contribution in [2.24, 2.45) is 17.8 Å². The van der Waals surface area contributed by atoms with E-state index < -0.39 is 0 Å². The van der Waals surface area contributed by atoms with Crippen LogP contribution in [0.5, 0.6) is 0 Å². The lowest BCUT2D eigenvalue weighted by Gasteiger charge is -2.36. The van der Waals surface area contributed by atoms with Crippen LogP contribution in [0.1, 0.15) is 71.0 Å². The van der Waals surface area contributed by atoms with E-state index in [1.54, 1.807) is 14.0 Å². The molecule has 0 aliphatic heterocycles. The first-order valence-corrected chi connectivity index (χ1v) is 14.2. The number of hydrogen-bond donors (Lipinski definition) is 1. The van der Waals surface area contributed by atoms with Gasteiger partial charge in [0.25, 0.3) is 5.89 Å². The van der Waals surface area contributed by atoms with Gasteiger partial charge in [0.15, 0.2) is 5.82 Å². The van der Waals surface area contributed by atoms with Crippen LogP contribution in [0, 0.1) is 24.7 Å². The topological polar surface area (TPSA) is 88.7 Å². The molecule has 1 aromatic carbocycles. The summed E-state index contributed by atoms with van der Waals surface area (Å²) in [6.45, 7) is 10.9. The molecule has 210 valence electrons. The number of benzene rings is 1.